The summed E-state index contributed by atoms with van der Waals surface area (Å²) in [6.07, 6.45) is 5.59. The van der Waals surface area contributed by atoms with Crippen LogP contribution in [0, 0.1) is 17.2 Å². The van der Waals surface area contributed by atoms with Gasteiger partial charge in [0.2, 0.25) is 0 Å². The van der Waals surface area contributed by atoms with Gasteiger partial charge in [0.25, 0.3) is 5.56 Å². The molecule has 166 valence electrons. The Morgan fingerprint density at radius 3 is 2.84 bits per heavy atom. The predicted octanol–water partition coefficient (Wildman–Crippen LogP) is 5.01. The van der Waals surface area contributed by atoms with Crippen molar-refractivity contribution in [1.82, 2.24) is 19.7 Å². The molecule has 3 aromatic rings. The van der Waals surface area contributed by atoms with Crippen LogP contribution in [0.1, 0.15) is 69.7 Å². The summed E-state index contributed by atoms with van der Waals surface area (Å²) in [7, 11) is 0. The van der Waals surface area contributed by atoms with E-state index in [2.05, 4.69) is 60.2 Å². The average Bonchev–Trinajstić information content (AvgIpc) is 3.32. The van der Waals surface area contributed by atoms with Crippen molar-refractivity contribution in [1.29, 1.82) is 5.26 Å². The van der Waals surface area contributed by atoms with Crippen LogP contribution < -0.4 is 10.9 Å². The van der Waals surface area contributed by atoms with E-state index in [0.29, 0.717) is 23.3 Å². The molecule has 1 aliphatic carbocycles. The number of pyridine rings is 1. The number of anilines is 2. The number of nitriles is 1. The third kappa shape index (κ3) is 3.39. The summed E-state index contributed by atoms with van der Waals surface area (Å²) in [4.78, 5) is 18.0. The highest BCUT2D eigenvalue weighted by atomic mass is 16.1. The van der Waals surface area contributed by atoms with E-state index >= 15 is 0 Å². The van der Waals surface area contributed by atoms with Crippen molar-refractivity contribution in [3.8, 4) is 6.07 Å². The lowest BCUT2D eigenvalue weighted by atomic mass is 9.85. The number of H-pyrrole nitrogens is 1. The lowest BCUT2D eigenvalue weighted by Crippen LogP contribution is -2.27. The molecule has 0 saturated heterocycles. The van der Waals surface area contributed by atoms with Gasteiger partial charge in [-0.2, -0.15) is 10.4 Å². The van der Waals surface area contributed by atoms with E-state index in [4.69, 9.17) is 5.10 Å². The molecule has 0 spiro atoms. The smallest absolute Gasteiger partial charge is 0.261 e. The second kappa shape index (κ2) is 8.10. The highest BCUT2D eigenvalue weighted by Crippen LogP contribution is 2.38. The van der Waals surface area contributed by atoms with E-state index in [9.17, 15) is 10.1 Å². The molecule has 3 atom stereocenters. The summed E-state index contributed by atoms with van der Waals surface area (Å²) in [6.45, 7) is 7.63. The molecular formula is C25H30N6O. The molecule has 2 N–H and O–H groups in total. The maximum absolute atomic E-state index is 12.8. The van der Waals surface area contributed by atoms with Gasteiger partial charge < -0.3 is 10.3 Å². The normalized spacial score (nSPS) is 23.4. The van der Waals surface area contributed by atoms with Crippen molar-refractivity contribution in [3.63, 3.8) is 0 Å². The molecule has 0 bridgehead atoms. The van der Waals surface area contributed by atoms with E-state index in [0.717, 1.165) is 43.4 Å². The highest BCUT2D eigenvalue weighted by Gasteiger charge is 2.31. The van der Waals surface area contributed by atoms with Crippen LogP contribution in [-0.2, 0) is 6.54 Å². The molecule has 7 heteroatoms. The molecule has 2 aliphatic rings. The van der Waals surface area contributed by atoms with Crippen molar-refractivity contribution >= 4 is 22.4 Å². The molecule has 2 aromatic heterocycles. The van der Waals surface area contributed by atoms with Gasteiger partial charge in [0.15, 0.2) is 5.82 Å². The van der Waals surface area contributed by atoms with Crippen molar-refractivity contribution in [2.45, 2.75) is 71.1 Å². The average molecular weight is 431 g/mol. The van der Waals surface area contributed by atoms with Crippen LogP contribution in [0.5, 0.6) is 0 Å². The third-order valence-corrected chi connectivity index (χ3v) is 7.21. The lowest BCUT2D eigenvalue weighted by Gasteiger charge is -2.27. The first-order valence-corrected chi connectivity index (χ1v) is 11.6. The molecule has 7 nitrogen and oxygen atoms in total. The molecule has 3 heterocycles. The van der Waals surface area contributed by atoms with Gasteiger partial charge in [-0.25, -0.2) is 0 Å². The molecule has 1 aliphatic heterocycles. The number of hydrogen-bond acceptors (Lipinski definition) is 5. The van der Waals surface area contributed by atoms with Crippen LogP contribution in [0.4, 0.5) is 11.5 Å². The summed E-state index contributed by atoms with van der Waals surface area (Å²) in [6, 6.07) is 11.7. The van der Waals surface area contributed by atoms with E-state index in [1.165, 1.54) is 11.1 Å². The fourth-order valence-corrected chi connectivity index (χ4v) is 5.50. The second-order valence-corrected chi connectivity index (χ2v) is 9.43. The van der Waals surface area contributed by atoms with E-state index in [-0.39, 0.29) is 17.5 Å². The first-order chi connectivity index (χ1) is 15.5. The van der Waals surface area contributed by atoms with E-state index in [1.54, 1.807) is 6.20 Å². The lowest BCUT2D eigenvalue weighted by molar-refractivity contribution is 0.180. The zero-order valence-electron chi connectivity index (χ0n) is 18.9. The number of nitrogens with one attached hydrogen (secondary N) is 2. The van der Waals surface area contributed by atoms with Crippen molar-refractivity contribution < 1.29 is 0 Å². The molecule has 32 heavy (non-hydrogen) atoms. The minimum atomic E-state index is -0.165. The van der Waals surface area contributed by atoms with Crippen LogP contribution in [0.2, 0.25) is 0 Å². The third-order valence-electron chi connectivity index (χ3n) is 7.21. The summed E-state index contributed by atoms with van der Waals surface area (Å²) < 4.78 is 1.91. The van der Waals surface area contributed by atoms with Crippen LogP contribution in [0.3, 0.4) is 0 Å². The first kappa shape index (κ1) is 20.8. The zero-order chi connectivity index (χ0) is 22.4. The molecular weight excluding hydrogens is 400 g/mol. The number of fused-ring (bicyclic) bond motifs is 2. The van der Waals surface area contributed by atoms with Gasteiger partial charge in [-0.05, 0) is 62.9 Å². The van der Waals surface area contributed by atoms with Crippen LogP contribution >= 0.6 is 0 Å². The molecule has 1 aromatic carbocycles. The van der Waals surface area contributed by atoms with Crippen molar-refractivity contribution in [2.75, 3.05) is 5.32 Å². The Hall–Kier alpha value is -3.11. The second-order valence-electron chi connectivity index (χ2n) is 9.43. The fourth-order valence-electron chi connectivity index (χ4n) is 5.50. The Morgan fingerprint density at radius 2 is 2.06 bits per heavy atom. The van der Waals surface area contributed by atoms with Crippen molar-refractivity contribution in [3.05, 3.63) is 51.9 Å². The molecule has 1 fully saturated rings. The molecule has 5 rings (SSSR count). The standard InChI is InChI=1S/C25H30N6O/c1-15(2)30-14-18-12-19(8-9-20(18)16(30)3)28-24-23-22(10-11-27-25(23)32)31(29-24)21-7-5-4-6-17(21)13-26/h8-12,15-17,21H,4-7,14H2,1-3H3,(H,27,32)(H,28,29). The first-order valence-electron chi connectivity index (χ1n) is 11.6. The molecule has 0 radical (unpaired) electrons. The summed E-state index contributed by atoms with van der Waals surface area (Å²) in [5.74, 6) is 0.471. The van der Waals surface area contributed by atoms with Crippen LogP contribution in [0.25, 0.3) is 10.9 Å². The number of aromatic amines is 1. The number of nitrogens with zero attached hydrogens (tertiary/aromatic N) is 4. The van der Waals surface area contributed by atoms with Gasteiger partial charge in [0, 0.05) is 30.5 Å². The Kier molecular flexibility index (Phi) is 5.26. The van der Waals surface area contributed by atoms with Gasteiger partial charge in [-0.1, -0.05) is 18.9 Å². The Balaban J connectivity index is 1.53. The largest absolute Gasteiger partial charge is 0.338 e. The minimum absolute atomic E-state index is 0.00549. The summed E-state index contributed by atoms with van der Waals surface area (Å²) in [5, 5.41) is 18.5. The number of hydrogen-bond donors (Lipinski definition) is 2. The van der Waals surface area contributed by atoms with E-state index in [1.807, 2.05) is 10.7 Å². The van der Waals surface area contributed by atoms with Gasteiger partial charge in [-0.3, -0.25) is 14.4 Å². The Bertz CT molecular complexity index is 1250. The maximum atomic E-state index is 12.8. The molecule has 3 unspecified atom stereocenters. The zero-order valence-corrected chi connectivity index (χ0v) is 18.9. The Labute approximate surface area is 188 Å². The fraction of sp³-hybridized carbons (Fsp3) is 0.480. The van der Waals surface area contributed by atoms with Gasteiger partial charge >= 0.3 is 0 Å². The van der Waals surface area contributed by atoms with Crippen molar-refractivity contribution in [2.24, 2.45) is 5.92 Å². The quantitative estimate of drug-likeness (QED) is 0.607. The van der Waals surface area contributed by atoms with Crippen LogP contribution in [0.15, 0.2) is 35.3 Å². The van der Waals surface area contributed by atoms with E-state index < -0.39 is 0 Å². The number of benzene rings is 1. The SMILES string of the molecule is CC(C)N1Cc2cc(Nc3nn(C4CCCCC4C#N)c4cc[nH]c(=O)c34)ccc2C1C. The van der Waals surface area contributed by atoms with Gasteiger partial charge in [0.1, 0.15) is 5.39 Å². The Morgan fingerprint density at radius 1 is 1.25 bits per heavy atom. The predicted molar refractivity (Wildman–Crippen MR) is 126 cm³/mol. The maximum Gasteiger partial charge on any atom is 0.261 e. The highest BCUT2D eigenvalue weighted by molar-refractivity contribution is 5.91. The summed E-state index contributed by atoms with van der Waals surface area (Å²) in [5.41, 5.74) is 4.21. The molecule has 0 amide bonds. The molecule has 1 saturated carbocycles. The number of rotatable bonds is 4. The van der Waals surface area contributed by atoms with Gasteiger partial charge in [0.05, 0.1) is 23.5 Å². The number of aromatic nitrogens is 3. The topological polar surface area (TPSA) is 89.7 Å². The van der Waals surface area contributed by atoms with Gasteiger partial charge in [-0.15, -0.1) is 0 Å². The minimum Gasteiger partial charge on any atom is -0.338 e. The summed E-state index contributed by atoms with van der Waals surface area (Å²) >= 11 is 0. The van der Waals surface area contributed by atoms with Crippen LogP contribution in [-0.4, -0.2) is 25.7 Å². The monoisotopic (exact) mass is 430 g/mol.